The van der Waals surface area contributed by atoms with E-state index in [1.165, 1.54) is 0 Å². The molecule has 0 radical (unpaired) electrons. The lowest BCUT2D eigenvalue weighted by Crippen LogP contribution is -2.28. The van der Waals surface area contributed by atoms with Crippen LogP contribution < -0.4 is 11.1 Å². The summed E-state index contributed by atoms with van der Waals surface area (Å²) in [4.78, 5) is 10.3. The van der Waals surface area contributed by atoms with E-state index in [1.54, 1.807) is 6.20 Å². The lowest BCUT2D eigenvalue weighted by atomic mass is 10.3. The fourth-order valence-electron chi connectivity index (χ4n) is 1.30. The molecule has 0 amide bonds. The maximum atomic E-state index is 5.53. The number of rotatable bonds is 6. The number of nitrogens with one attached hydrogen (secondary N) is 1. The molecule has 0 saturated carbocycles. The minimum Gasteiger partial charge on any atom is -0.369 e. The molecule has 0 spiro atoms. The second-order valence-electron chi connectivity index (χ2n) is 4.28. The van der Waals surface area contributed by atoms with Crippen molar-refractivity contribution in [3.8, 4) is 0 Å². The van der Waals surface area contributed by atoms with Crippen LogP contribution >= 0.6 is 15.9 Å². The Hall–Kier alpha value is -0.880. The van der Waals surface area contributed by atoms with Crippen molar-refractivity contribution in [3.05, 3.63) is 10.7 Å². The monoisotopic (exact) mass is 301 g/mol. The van der Waals surface area contributed by atoms with Gasteiger partial charge in [0.2, 0.25) is 5.95 Å². The topological polar surface area (TPSA) is 67.1 Å². The number of hydrogen-bond donors (Lipinski definition) is 2. The molecule has 17 heavy (non-hydrogen) atoms. The van der Waals surface area contributed by atoms with Gasteiger partial charge in [0.15, 0.2) is 0 Å². The predicted molar refractivity (Wildman–Crippen MR) is 75.0 cm³/mol. The zero-order chi connectivity index (χ0) is 12.8. The normalized spacial score (nSPS) is 11.2. The Morgan fingerprint density at radius 1 is 1.53 bits per heavy atom. The van der Waals surface area contributed by atoms with Crippen LogP contribution in [0.3, 0.4) is 0 Å². The largest absolute Gasteiger partial charge is 0.369 e. The molecule has 0 unspecified atom stereocenters. The molecule has 1 aromatic rings. The van der Waals surface area contributed by atoms with Gasteiger partial charge in [0.1, 0.15) is 5.82 Å². The van der Waals surface area contributed by atoms with Gasteiger partial charge >= 0.3 is 0 Å². The molecule has 0 aliphatic carbocycles. The van der Waals surface area contributed by atoms with Crippen LogP contribution in [0.15, 0.2) is 10.7 Å². The maximum Gasteiger partial charge on any atom is 0.221 e. The van der Waals surface area contributed by atoms with Gasteiger partial charge in [-0.15, -0.1) is 0 Å². The smallest absolute Gasteiger partial charge is 0.221 e. The molecule has 0 bridgehead atoms. The average Bonchev–Trinajstić information content (AvgIpc) is 2.28. The molecular weight excluding hydrogens is 282 g/mol. The van der Waals surface area contributed by atoms with Gasteiger partial charge in [0.05, 0.1) is 4.47 Å². The molecule has 0 aliphatic heterocycles. The van der Waals surface area contributed by atoms with Crippen molar-refractivity contribution in [2.24, 2.45) is 0 Å². The van der Waals surface area contributed by atoms with Crippen molar-refractivity contribution < 1.29 is 0 Å². The highest BCUT2D eigenvalue weighted by Gasteiger charge is 2.04. The highest BCUT2D eigenvalue weighted by molar-refractivity contribution is 9.10. The van der Waals surface area contributed by atoms with Crippen LogP contribution in [0.25, 0.3) is 0 Å². The molecular formula is C11H20BrN5. The molecule has 6 heteroatoms. The summed E-state index contributed by atoms with van der Waals surface area (Å²) in [7, 11) is 2.13. The quantitative estimate of drug-likeness (QED) is 0.786. The summed E-state index contributed by atoms with van der Waals surface area (Å²) in [6.07, 6.45) is 2.72. The van der Waals surface area contributed by atoms with E-state index in [9.17, 15) is 0 Å². The Morgan fingerprint density at radius 2 is 2.24 bits per heavy atom. The van der Waals surface area contributed by atoms with Crippen LogP contribution in [-0.2, 0) is 0 Å². The van der Waals surface area contributed by atoms with Gasteiger partial charge in [0.25, 0.3) is 0 Å². The molecule has 1 heterocycles. The molecule has 0 atom stereocenters. The first-order valence-electron chi connectivity index (χ1n) is 5.73. The van der Waals surface area contributed by atoms with E-state index in [4.69, 9.17) is 5.73 Å². The fraction of sp³-hybridized carbons (Fsp3) is 0.636. The van der Waals surface area contributed by atoms with E-state index in [2.05, 4.69) is 57.0 Å². The van der Waals surface area contributed by atoms with Crippen LogP contribution in [0, 0.1) is 0 Å². The summed E-state index contributed by atoms with van der Waals surface area (Å²) in [6.45, 7) is 6.30. The van der Waals surface area contributed by atoms with Gasteiger partial charge in [0, 0.05) is 18.8 Å². The first-order chi connectivity index (χ1) is 8.00. The van der Waals surface area contributed by atoms with Crippen LogP contribution in [0.1, 0.15) is 20.3 Å². The van der Waals surface area contributed by atoms with E-state index < -0.39 is 0 Å². The summed E-state index contributed by atoms with van der Waals surface area (Å²) in [5.41, 5.74) is 5.53. The van der Waals surface area contributed by atoms with E-state index in [-0.39, 0.29) is 5.95 Å². The van der Waals surface area contributed by atoms with Crippen molar-refractivity contribution in [2.45, 2.75) is 26.3 Å². The van der Waals surface area contributed by atoms with Crippen LogP contribution in [0.2, 0.25) is 0 Å². The van der Waals surface area contributed by atoms with Gasteiger partial charge in [-0.3, -0.25) is 0 Å². The molecule has 1 aromatic heterocycles. The lowest BCUT2D eigenvalue weighted by Gasteiger charge is -2.20. The molecule has 0 fully saturated rings. The van der Waals surface area contributed by atoms with Crippen molar-refractivity contribution in [2.75, 3.05) is 31.2 Å². The second-order valence-corrected chi connectivity index (χ2v) is 5.13. The summed E-state index contributed by atoms with van der Waals surface area (Å²) in [5.74, 6) is 1.04. The standard InChI is InChI=1S/C11H20BrN5/c1-8(2)17(3)6-4-5-14-10-9(12)7-15-11(13)16-10/h7-8H,4-6H2,1-3H3,(H3,13,14,15,16). The first kappa shape index (κ1) is 14.2. The highest BCUT2D eigenvalue weighted by Crippen LogP contribution is 2.18. The van der Waals surface area contributed by atoms with E-state index in [0.717, 1.165) is 29.8 Å². The lowest BCUT2D eigenvalue weighted by molar-refractivity contribution is 0.273. The molecule has 0 saturated heterocycles. The van der Waals surface area contributed by atoms with Crippen LogP contribution in [0.4, 0.5) is 11.8 Å². The third kappa shape index (κ3) is 4.87. The van der Waals surface area contributed by atoms with Gasteiger partial charge in [-0.05, 0) is 49.8 Å². The van der Waals surface area contributed by atoms with E-state index in [1.807, 2.05) is 0 Å². The highest BCUT2D eigenvalue weighted by atomic mass is 79.9. The van der Waals surface area contributed by atoms with Crippen molar-refractivity contribution in [1.82, 2.24) is 14.9 Å². The maximum absolute atomic E-state index is 5.53. The first-order valence-corrected chi connectivity index (χ1v) is 6.52. The summed E-state index contributed by atoms with van der Waals surface area (Å²) < 4.78 is 0.837. The Kier molecular flexibility index (Phi) is 5.64. The van der Waals surface area contributed by atoms with Gasteiger partial charge in [-0.1, -0.05) is 0 Å². The zero-order valence-electron chi connectivity index (χ0n) is 10.6. The number of aromatic nitrogens is 2. The molecule has 5 nitrogen and oxygen atoms in total. The molecule has 1 rings (SSSR count). The third-order valence-electron chi connectivity index (χ3n) is 2.62. The predicted octanol–water partition coefficient (Wildman–Crippen LogP) is 1.96. The Bertz CT molecular complexity index is 356. The minimum atomic E-state index is 0.287. The number of nitrogen functional groups attached to an aromatic ring is 1. The molecule has 0 aromatic carbocycles. The fourth-order valence-corrected chi connectivity index (χ4v) is 1.63. The second kappa shape index (κ2) is 6.76. The Morgan fingerprint density at radius 3 is 2.88 bits per heavy atom. The van der Waals surface area contributed by atoms with Crippen LogP contribution in [0.5, 0.6) is 0 Å². The van der Waals surface area contributed by atoms with Gasteiger partial charge < -0.3 is 16.0 Å². The molecule has 96 valence electrons. The van der Waals surface area contributed by atoms with E-state index in [0.29, 0.717) is 6.04 Å². The third-order valence-corrected chi connectivity index (χ3v) is 3.20. The number of halogens is 1. The zero-order valence-corrected chi connectivity index (χ0v) is 12.2. The average molecular weight is 302 g/mol. The van der Waals surface area contributed by atoms with Crippen molar-refractivity contribution in [3.63, 3.8) is 0 Å². The molecule has 0 aliphatic rings. The summed E-state index contributed by atoms with van der Waals surface area (Å²) >= 11 is 3.38. The number of nitrogens with zero attached hydrogens (tertiary/aromatic N) is 3. The summed E-state index contributed by atoms with van der Waals surface area (Å²) in [6, 6.07) is 0.580. The number of anilines is 2. The van der Waals surface area contributed by atoms with Gasteiger partial charge in [-0.2, -0.15) is 4.98 Å². The minimum absolute atomic E-state index is 0.287. The Labute approximate surface area is 111 Å². The SMILES string of the molecule is CC(C)N(C)CCCNc1nc(N)ncc1Br. The van der Waals surface area contributed by atoms with Crippen molar-refractivity contribution in [1.29, 1.82) is 0 Å². The van der Waals surface area contributed by atoms with Gasteiger partial charge in [-0.25, -0.2) is 4.98 Å². The number of nitrogens with two attached hydrogens (primary N) is 1. The van der Waals surface area contributed by atoms with Crippen LogP contribution in [-0.4, -0.2) is 41.0 Å². The van der Waals surface area contributed by atoms with E-state index >= 15 is 0 Å². The molecule has 3 N–H and O–H groups in total. The Balaban J connectivity index is 2.33. The van der Waals surface area contributed by atoms with Crippen molar-refractivity contribution >= 4 is 27.7 Å². The summed E-state index contributed by atoms with van der Waals surface area (Å²) in [5, 5.41) is 3.24. The number of hydrogen-bond acceptors (Lipinski definition) is 5.